The van der Waals surface area contributed by atoms with Crippen LogP contribution in [0, 0.1) is 10.1 Å². The highest BCUT2D eigenvalue weighted by molar-refractivity contribution is 9.10. The lowest BCUT2D eigenvalue weighted by atomic mass is 10.3. The zero-order valence-electron chi connectivity index (χ0n) is 8.46. The summed E-state index contributed by atoms with van der Waals surface area (Å²) in [6, 6.07) is 5.14. The molecule has 0 aliphatic carbocycles. The first-order chi connectivity index (χ1) is 6.88. The van der Waals surface area contributed by atoms with E-state index in [1.165, 1.54) is 0 Å². The lowest BCUT2D eigenvalue weighted by molar-refractivity contribution is -0.383. The molecule has 0 N–H and O–H groups in total. The third-order valence-corrected chi connectivity index (χ3v) is 9.44. The summed E-state index contributed by atoms with van der Waals surface area (Å²) in [7, 11) is -1.75. The molecule has 0 fully saturated rings. The number of nitro groups is 1. The smallest absolute Gasteiger partial charge is 0.258 e. The number of alkyl halides is 1. The molecule has 1 aromatic carbocycles. The summed E-state index contributed by atoms with van der Waals surface area (Å²) in [6.07, 6.45) is 0. The maximum Gasteiger partial charge on any atom is 0.268 e. The first-order valence-electron chi connectivity index (χ1n) is 4.39. The van der Waals surface area contributed by atoms with E-state index in [1.807, 2.05) is 6.07 Å². The molecule has 0 saturated heterocycles. The summed E-state index contributed by atoms with van der Waals surface area (Å²) in [5, 5.41) is 11.8. The van der Waals surface area contributed by atoms with E-state index in [0.29, 0.717) is 0 Å². The Morgan fingerprint density at radius 3 is 2.53 bits per heavy atom. The largest absolute Gasteiger partial charge is 0.268 e. The molecule has 82 valence electrons. The third kappa shape index (κ3) is 2.89. The van der Waals surface area contributed by atoms with E-state index in [4.69, 9.17) is 0 Å². The van der Waals surface area contributed by atoms with Crippen LogP contribution in [0.4, 0.5) is 5.69 Å². The van der Waals surface area contributed by atoms with Gasteiger partial charge in [0.05, 0.1) is 4.92 Å². The van der Waals surface area contributed by atoms with Crippen molar-refractivity contribution in [3.8, 4) is 0 Å². The van der Waals surface area contributed by atoms with Gasteiger partial charge in [0, 0.05) is 20.7 Å². The van der Waals surface area contributed by atoms with Crippen molar-refractivity contribution >= 4 is 50.8 Å². The first-order valence-corrected chi connectivity index (χ1v) is 9.51. The molecule has 1 rings (SSSR count). The van der Waals surface area contributed by atoms with E-state index in [1.54, 1.807) is 12.1 Å². The second-order valence-electron chi connectivity index (χ2n) is 3.94. The molecule has 0 aliphatic heterocycles. The number of benzene rings is 1. The summed E-state index contributed by atoms with van der Waals surface area (Å²) >= 11 is 6.79. The van der Waals surface area contributed by atoms with Crippen LogP contribution in [0.5, 0.6) is 0 Å². The van der Waals surface area contributed by atoms with Crippen LogP contribution in [-0.4, -0.2) is 18.0 Å². The van der Waals surface area contributed by atoms with Gasteiger partial charge in [-0.3, -0.25) is 10.1 Å². The van der Waals surface area contributed by atoms with Crippen molar-refractivity contribution in [3.63, 3.8) is 0 Å². The van der Waals surface area contributed by atoms with Crippen LogP contribution in [0.15, 0.2) is 22.7 Å². The Balaban J connectivity index is 3.37. The number of rotatable bonds is 3. The second-order valence-corrected chi connectivity index (χ2v) is 11.1. The SMILES string of the molecule is C[Si](C)(CBr)c1cc(Br)ccc1[N+](=O)[O-]. The molecule has 0 radical (unpaired) electrons. The number of halogens is 2. The standard InChI is InChI=1S/C9H11Br2NO2Si/c1-15(2,6-10)9-5-7(11)3-4-8(9)12(13)14/h3-5H,6H2,1-2H3. The van der Waals surface area contributed by atoms with Gasteiger partial charge in [0.1, 0.15) is 8.07 Å². The average Bonchev–Trinajstić information content (AvgIpc) is 2.17. The minimum atomic E-state index is -1.75. The molecule has 0 unspecified atom stereocenters. The Morgan fingerprint density at radius 1 is 1.47 bits per heavy atom. The van der Waals surface area contributed by atoms with Crippen LogP contribution in [0.3, 0.4) is 0 Å². The van der Waals surface area contributed by atoms with Crippen LogP contribution in [0.2, 0.25) is 13.1 Å². The summed E-state index contributed by atoms with van der Waals surface area (Å²) < 4.78 is 0.893. The maximum absolute atomic E-state index is 10.9. The molecule has 0 spiro atoms. The fourth-order valence-corrected chi connectivity index (χ4v) is 4.32. The van der Waals surface area contributed by atoms with Gasteiger partial charge >= 0.3 is 0 Å². The topological polar surface area (TPSA) is 43.1 Å². The lowest BCUT2D eigenvalue weighted by Gasteiger charge is -2.19. The highest BCUT2D eigenvalue weighted by Crippen LogP contribution is 2.20. The first kappa shape index (κ1) is 12.9. The van der Waals surface area contributed by atoms with Crippen molar-refractivity contribution in [2.75, 3.05) is 4.95 Å². The lowest BCUT2D eigenvalue weighted by Crippen LogP contribution is -2.44. The maximum atomic E-state index is 10.9. The molecule has 3 nitrogen and oxygen atoms in total. The number of hydrogen-bond donors (Lipinski definition) is 0. The third-order valence-electron chi connectivity index (χ3n) is 2.22. The highest BCUT2D eigenvalue weighted by Gasteiger charge is 2.30. The number of nitro benzene ring substituents is 1. The minimum absolute atomic E-state index is 0.231. The Labute approximate surface area is 106 Å². The molecule has 0 aliphatic rings. The van der Waals surface area contributed by atoms with Crippen LogP contribution < -0.4 is 5.19 Å². The van der Waals surface area contributed by atoms with Gasteiger partial charge < -0.3 is 0 Å². The summed E-state index contributed by atoms with van der Waals surface area (Å²) in [6.45, 7) is 4.22. The predicted octanol–water partition coefficient (Wildman–Crippen LogP) is 3.21. The fraction of sp³-hybridized carbons (Fsp3) is 0.333. The molecular weight excluding hydrogens is 342 g/mol. The Hall–Kier alpha value is -0.203. The molecule has 0 heterocycles. The van der Waals surface area contributed by atoms with Gasteiger partial charge in [0.15, 0.2) is 0 Å². The van der Waals surface area contributed by atoms with Crippen LogP contribution in [0.1, 0.15) is 0 Å². The van der Waals surface area contributed by atoms with E-state index in [-0.39, 0.29) is 10.6 Å². The molecule has 0 aromatic heterocycles. The van der Waals surface area contributed by atoms with E-state index in [0.717, 1.165) is 14.6 Å². The van der Waals surface area contributed by atoms with Gasteiger partial charge in [-0.15, -0.1) is 0 Å². The zero-order valence-corrected chi connectivity index (χ0v) is 12.6. The zero-order chi connectivity index (χ0) is 11.6. The Kier molecular flexibility index (Phi) is 4.08. The molecule has 1 aromatic rings. The van der Waals surface area contributed by atoms with Gasteiger partial charge in [-0.1, -0.05) is 45.0 Å². The molecule has 0 atom stereocenters. The van der Waals surface area contributed by atoms with Gasteiger partial charge in [0.25, 0.3) is 5.69 Å². The summed E-state index contributed by atoms with van der Waals surface area (Å²) in [5.74, 6) is 0. The van der Waals surface area contributed by atoms with Gasteiger partial charge in [-0.05, 0) is 12.1 Å². The molecule has 0 bridgehead atoms. The normalized spacial score (nSPS) is 11.5. The molecule has 15 heavy (non-hydrogen) atoms. The summed E-state index contributed by atoms with van der Waals surface area (Å²) in [4.78, 5) is 11.4. The van der Waals surface area contributed by atoms with Crippen molar-refractivity contribution in [1.29, 1.82) is 0 Å². The van der Waals surface area contributed by atoms with Crippen LogP contribution in [0.25, 0.3) is 0 Å². The number of nitrogens with zero attached hydrogens (tertiary/aromatic N) is 1. The molecule has 0 saturated carbocycles. The molecule has 6 heteroatoms. The van der Waals surface area contributed by atoms with Gasteiger partial charge in [-0.25, -0.2) is 0 Å². The second kappa shape index (κ2) is 4.76. The van der Waals surface area contributed by atoms with E-state index >= 15 is 0 Å². The van der Waals surface area contributed by atoms with Crippen LogP contribution >= 0.6 is 31.9 Å². The quantitative estimate of drug-likeness (QED) is 0.363. The van der Waals surface area contributed by atoms with Crippen molar-refractivity contribution in [2.45, 2.75) is 13.1 Å². The van der Waals surface area contributed by atoms with Crippen LogP contribution in [-0.2, 0) is 0 Å². The Morgan fingerprint density at radius 2 is 2.07 bits per heavy atom. The molecule has 0 amide bonds. The molecular formula is C9H11Br2NO2Si. The van der Waals surface area contributed by atoms with Crippen molar-refractivity contribution in [1.82, 2.24) is 0 Å². The average molecular weight is 353 g/mol. The Bertz CT molecular complexity index is 396. The van der Waals surface area contributed by atoms with E-state index in [9.17, 15) is 10.1 Å². The predicted molar refractivity (Wildman–Crippen MR) is 71.7 cm³/mol. The fourth-order valence-electron chi connectivity index (χ4n) is 1.28. The van der Waals surface area contributed by atoms with E-state index < -0.39 is 8.07 Å². The van der Waals surface area contributed by atoms with Gasteiger partial charge in [0.2, 0.25) is 0 Å². The monoisotopic (exact) mass is 351 g/mol. The van der Waals surface area contributed by atoms with Crippen molar-refractivity contribution in [2.24, 2.45) is 0 Å². The number of hydrogen-bond acceptors (Lipinski definition) is 2. The van der Waals surface area contributed by atoms with Crippen molar-refractivity contribution < 1.29 is 4.92 Å². The van der Waals surface area contributed by atoms with E-state index in [2.05, 4.69) is 45.0 Å². The van der Waals surface area contributed by atoms with Crippen molar-refractivity contribution in [3.05, 3.63) is 32.8 Å². The minimum Gasteiger partial charge on any atom is -0.258 e. The highest BCUT2D eigenvalue weighted by atomic mass is 79.9. The van der Waals surface area contributed by atoms with Gasteiger partial charge in [-0.2, -0.15) is 0 Å². The summed E-state index contributed by atoms with van der Waals surface area (Å²) in [5.41, 5.74) is 0.231.